The maximum atomic E-state index is 11.9. The minimum atomic E-state index is -0.420. The molecular formula is C14H11N3O4S. The molecular weight excluding hydrogens is 306 g/mol. The molecule has 0 aliphatic heterocycles. The van der Waals surface area contributed by atoms with Crippen molar-refractivity contribution in [2.75, 3.05) is 5.32 Å². The molecule has 3 aromatic heterocycles. The third-order valence-corrected chi connectivity index (χ3v) is 3.57. The van der Waals surface area contributed by atoms with Crippen LogP contribution in [0.25, 0.3) is 0 Å². The van der Waals surface area contributed by atoms with E-state index in [-0.39, 0.29) is 24.2 Å². The number of anilines is 1. The van der Waals surface area contributed by atoms with Gasteiger partial charge in [0, 0.05) is 0 Å². The van der Waals surface area contributed by atoms with Gasteiger partial charge in [-0.2, -0.15) is 4.98 Å². The maximum absolute atomic E-state index is 11.9. The van der Waals surface area contributed by atoms with Crippen molar-refractivity contribution < 1.29 is 18.4 Å². The second kappa shape index (κ2) is 6.27. The van der Waals surface area contributed by atoms with Gasteiger partial charge in [-0.15, -0.1) is 11.3 Å². The van der Waals surface area contributed by atoms with Crippen LogP contribution in [0.4, 0.5) is 6.01 Å². The van der Waals surface area contributed by atoms with Gasteiger partial charge < -0.3 is 14.2 Å². The lowest BCUT2D eigenvalue weighted by atomic mass is 10.4. The fourth-order valence-corrected chi connectivity index (χ4v) is 2.29. The van der Waals surface area contributed by atoms with Gasteiger partial charge in [-0.25, -0.2) is 0 Å². The molecule has 3 rings (SSSR count). The van der Waals surface area contributed by atoms with Crippen molar-refractivity contribution in [2.24, 2.45) is 0 Å². The third-order valence-electron chi connectivity index (χ3n) is 2.71. The number of nitrogens with one attached hydrogen (secondary N) is 2. The summed E-state index contributed by atoms with van der Waals surface area (Å²) < 4.78 is 10.2. The number of nitrogens with zero attached hydrogens (tertiary/aromatic N) is 1. The molecule has 0 atom stereocenters. The lowest BCUT2D eigenvalue weighted by molar-refractivity contribution is 0.0942. The van der Waals surface area contributed by atoms with Crippen LogP contribution in [0.2, 0.25) is 0 Å². The lowest BCUT2D eigenvalue weighted by Crippen LogP contribution is -2.23. The molecule has 22 heavy (non-hydrogen) atoms. The van der Waals surface area contributed by atoms with Gasteiger partial charge in [0.1, 0.15) is 12.0 Å². The Bertz CT molecular complexity index is 762. The fraction of sp³-hybridized carbons (Fsp3) is 0.0714. The van der Waals surface area contributed by atoms with Gasteiger partial charge in [0.2, 0.25) is 0 Å². The molecule has 0 fully saturated rings. The number of hydrogen-bond donors (Lipinski definition) is 2. The molecule has 112 valence electrons. The first-order chi connectivity index (χ1) is 10.7. The molecule has 0 unspecified atom stereocenters. The first-order valence-corrected chi connectivity index (χ1v) is 7.21. The average molecular weight is 317 g/mol. The number of furan rings is 1. The molecule has 0 bridgehead atoms. The van der Waals surface area contributed by atoms with Crippen LogP contribution in [0.5, 0.6) is 0 Å². The van der Waals surface area contributed by atoms with Crippen LogP contribution in [-0.4, -0.2) is 16.8 Å². The predicted molar refractivity (Wildman–Crippen MR) is 78.7 cm³/mol. The van der Waals surface area contributed by atoms with Crippen molar-refractivity contribution >= 4 is 29.2 Å². The molecule has 8 heteroatoms. The summed E-state index contributed by atoms with van der Waals surface area (Å²) in [6.45, 7) is 0.246. The second-order valence-electron chi connectivity index (χ2n) is 4.23. The summed E-state index contributed by atoms with van der Waals surface area (Å²) in [5, 5.41) is 6.90. The smallest absolute Gasteiger partial charge is 0.302 e. The second-order valence-corrected chi connectivity index (χ2v) is 5.18. The number of carbonyl (C=O) groups is 2. The van der Waals surface area contributed by atoms with Gasteiger partial charge in [0.25, 0.3) is 11.8 Å². The van der Waals surface area contributed by atoms with Gasteiger partial charge in [-0.05, 0) is 23.6 Å². The zero-order valence-electron chi connectivity index (χ0n) is 11.2. The Hall–Kier alpha value is -2.87. The van der Waals surface area contributed by atoms with Crippen LogP contribution in [0, 0.1) is 0 Å². The van der Waals surface area contributed by atoms with E-state index < -0.39 is 5.91 Å². The highest BCUT2D eigenvalue weighted by atomic mass is 32.1. The van der Waals surface area contributed by atoms with Gasteiger partial charge in [-0.1, -0.05) is 6.07 Å². The van der Waals surface area contributed by atoms with E-state index in [4.69, 9.17) is 8.83 Å². The van der Waals surface area contributed by atoms with Gasteiger partial charge in [0.15, 0.2) is 5.69 Å². The Kier molecular flexibility index (Phi) is 4.01. The van der Waals surface area contributed by atoms with E-state index in [0.29, 0.717) is 10.6 Å². The molecule has 7 nitrogen and oxygen atoms in total. The standard InChI is InChI=1S/C14H11N3O4S/c18-12(15-7-9-3-1-5-20-9)10-8-21-14(16-10)17-13(19)11-4-2-6-22-11/h1-6,8H,7H2,(H,15,18)(H,16,17,19). The van der Waals surface area contributed by atoms with E-state index in [1.807, 2.05) is 0 Å². The summed E-state index contributed by atoms with van der Waals surface area (Å²) >= 11 is 1.30. The van der Waals surface area contributed by atoms with Crippen molar-refractivity contribution in [3.05, 3.63) is 58.5 Å². The molecule has 0 aromatic carbocycles. The minimum absolute atomic E-state index is 0.0263. The predicted octanol–water partition coefficient (Wildman–Crippen LogP) is 2.51. The Morgan fingerprint density at radius 2 is 2.09 bits per heavy atom. The Labute approximate surface area is 129 Å². The van der Waals surface area contributed by atoms with Crippen LogP contribution in [0.1, 0.15) is 25.9 Å². The van der Waals surface area contributed by atoms with E-state index in [1.54, 1.807) is 29.6 Å². The molecule has 0 radical (unpaired) electrons. The number of rotatable bonds is 5. The fourth-order valence-electron chi connectivity index (χ4n) is 1.67. The number of oxazole rings is 1. The highest BCUT2D eigenvalue weighted by molar-refractivity contribution is 7.12. The molecule has 0 saturated heterocycles. The largest absolute Gasteiger partial charge is 0.467 e. The number of carbonyl (C=O) groups excluding carboxylic acids is 2. The number of hydrogen-bond acceptors (Lipinski definition) is 6. The van der Waals surface area contributed by atoms with Crippen molar-refractivity contribution in [3.8, 4) is 0 Å². The molecule has 2 N–H and O–H groups in total. The Morgan fingerprint density at radius 3 is 2.82 bits per heavy atom. The van der Waals surface area contributed by atoms with Crippen molar-refractivity contribution in [2.45, 2.75) is 6.54 Å². The van der Waals surface area contributed by atoms with Crippen LogP contribution in [0.15, 0.2) is 51.0 Å². The summed E-state index contributed by atoms with van der Waals surface area (Å²) in [5.74, 6) is -0.126. The lowest BCUT2D eigenvalue weighted by Gasteiger charge is -1.99. The first kappa shape index (κ1) is 14.1. The quantitative estimate of drug-likeness (QED) is 0.753. The highest BCUT2D eigenvalue weighted by Gasteiger charge is 2.15. The summed E-state index contributed by atoms with van der Waals surface area (Å²) in [4.78, 5) is 28.2. The molecule has 2 amide bonds. The van der Waals surface area contributed by atoms with Crippen LogP contribution in [0.3, 0.4) is 0 Å². The summed E-state index contributed by atoms with van der Waals surface area (Å²) in [6.07, 6.45) is 2.71. The summed E-state index contributed by atoms with van der Waals surface area (Å²) in [6, 6.07) is 6.90. The average Bonchev–Trinajstić information content (AvgIpc) is 3.25. The first-order valence-electron chi connectivity index (χ1n) is 6.33. The third kappa shape index (κ3) is 3.23. The Balaban J connectivity index is 1.58. The number of amides is 2. The van der Waals surface area contributed by atoms with Crippen molar-refractivity contribution in [1.29, 1.82) is 0 Å². The monoisotopic (exact) mass is 317 g/mol. The molecule has 0 aliphatic carbocycles. The molecule has 0 spiro atoms. The normalized spacial score (nSPS) is 10.4. The number of thiophene rings is 1. The summed E-state index contributed by atoms with van der Waals surface area (Å²) in [7, 11) is 0. The molecule has 3 aromatic rings. The van der Waals surface area contributed by atoms with Gasteiger partial charge in [-0.3, -0.25) is 14.9 Å². The minimum Gasteiger partial charge on any atom is -0.467 e. The van der Waals surface area contributed by atoms with E-state index in [2.05, 4.69) is 15.6 Å². The SMILES string of the molecule is O=C(NCc1ccco1)c1coc(NC(=O)c2cccs2)n1. The topological polar surface area (TPSA) is 97.4 Å². The zero-order chi connectivity index (χ0) is 15.4. The van der Waals surface area contributed by atoms with Crippen molar-refractivity contribution in [1.82, 2.24) is 10.3 Å². The van der Waals surface area contributed by atoms with Crippen molar-refractivity contribution in [3.63, 3.8) is 0 Å². The summed E-state index contributed by atoms with van der Waals surface area (Å²) in [5.41, 5.74) is 0.0769. The van der Waals surface area contributed by atoms with E-state index >= 15 is 0 Å². The van der Waals surface area contributed by atoms with E-state index in [9.17, 15) is 9.59 Å². The molecule has 3 heterocycles. The van der Waals surface area contributed by atoms with Crippen LogP contribution >= 0.6 is 11.3 Å². The molecule has 0 aliphatic rings. The zero-order valence-corrected chi connectivity index (χ0v) is 12.1. The van der Waals surface area contributed by atoms with Crippen LogP contribution in [-0.2, 0) is 6.54 Å². The van der Waals surface area contributed by atoms with Gasteiger partial charge in [0.05, 0.1) is 17.7 Å². The van der Waals surface area contributed by atoms with Crippen LogP contribution < -0.4 is 10.6 Å². The Morgan fingerprint density at radius 1 is 1.18 bits per heavy atom. The highest BCUT2D eigenvalue weighted by Crippen LogP contribution is 2.13. The van der Waals surface area contributed by atoms with E-state index in [0.717, 1.165) is 0 Å². The maximum Gasteiger partial charge on any atom is 0.302 e. The molecule has 0 saturated carbocycles. The van der Waals surface area contributed by atoms with Gasteiger partial charge >= 0.3 is 6.01 Å². The number of aromatic nitrogens is 1. The van der Waals surface area contributed by atoms with E-state index in [1.165, 1.54) is 23.9 Å².